The van der Waals surface area contributed by atoms with E-state index in [9.17, 15) is 0 Å². The molecule has 0 aromatic carbocycles. The Kier molecular flexibility index (Phi) is 7.61. The van der Waals surface area contributed by atoms with Gasteiger partial charge in [-0.1, -0.05) is 43.2 Å². The molecule has 0 spiro atoms. The van der Waals surface area contributed by atoms with E-state index < -0.39 is 0 Å². The Bertz CT molecular complexity index is 819. The highest BCUT2D eigenvalue weighted by atomic mass is 32.2. The fourth-order valence-electron chi connectivity index (χ4n) is 4.82. The van der Waals surface area contributed by atoms with Gasteiger partial charge in [0.05, 0.1) is 5.69 Å². The Labute approximate surface area is 185 Å². The molecule has 0 radical (unpaired) electrons. The standard InChI is InChI=1S/C24H35N5S/c1-3-14-29-23(26-27-24(29)30-18-20-9-5-4-6-10-20)21-12-15-28(16-13-21)17-22-11-7-8-19(2)25-22/h3,7-8,11,20-21H,1,4-6,9-10,12-18H2,2H3. The van der Waals surface area contributed by atoms with Crippen molar-refractivity contribution in [1.82, 2.24) is 24.6 Å². The maximum absolute atomic E-state index is 4.66. The van der Waals surface area contributed by atoms with Gasteiger partial charge in [-0.2, -0.15) is 0 Å². The van der Waals surface area contributed by atoms with E-state index >= 15 is 0 Å². The molecule has 162 valence electrons. The van der Waals surface area contributed by atoms with Crippen LogP contribution < -0.4 is 0 Å². The third-order valence-corrected chi connectivity index (χ3v) is 7.71. The zero-order chi connectivity index (χ0) is 20.8. The monoisotopic (exact) mass is 425 g/mol. The molecule has 1 aliphatic heterocycles. The Balaban J connectivity index is 1.35. The number of rotatable bonds is 8. The second-order valence-corrected chi connectivity index (χ2v) is 9.86. The molecule has 5 nitrogen and oxygen atoms in total. The zero-order valence-corrected chi connectivity index (χ0v) is 19.1. The van der Waals surface area contributed by atoms with Gasteiger partial charge in [-0.3, -0.25) is 9.88 Å². The van der Waals surface area contributed by atoms with Gasteiger partial charge in [0.1, 0.15) is 5.82 Å². The van der Waals surface area contributed by atoms with E-state index in [1.54, 1.807) is 0 Å². The van der Waals surface area contributed by atoms with Crippen LogP contribution in [0.25, 0.3) is 0 Å². The van der Waals surface area contributed by atoms with E-state index in [4.69, 9.17) is 0 Å². The summed E-state index contributed by atoms with van der Waals surface area (Å²) in [5, 5.41) is 10.3. The fraction of sp³-hybridized carbons (Fsp3) is 0.625. The van der Waals surface area contributed by atoms with Gasteiger partial charge >= 0.3 is 0 Å². The highest BCUT2D eigenvalue weighted by Gasteiger charge is 2.26. The number of pyridine rings is 1. The largest absolute Gasteiger partial charge is 0.302 e. The number of allylic oxidation sites excluding steroid dienone is 1. The van der Waals surface area contributed by atoms with Crippen LogP contribution in [-0.2, 0) is 13.1 Å². The quantitative estimate of drug-likeness (QED) is 0.429. The minimum Gasteiger partial charge on any atom is -0.302 e. The highest BCUT2D eigenvalue weighted by Crippen LogP contribution is 2.33. The highest BCUT2D eigenvalue weighted by molar-refractivity contribution is 7.99. The first-order valence-electron chi connectivity index (χ1n) is 11.5. The summed E-state index contributed by atoms with van der Waals surface area (Å²) in [7, 11) is 0. The van der Waals surface area contributed by atoms with Crippen molar-refractivity contribution < 1.29 is 0 Å². The smallest absolute Gasteiger partial charge is 0.191 e. The third-order valence-electron chi connectivity index (χ3n) is 6.51. The second kappa shape index (κ2) is 10.6. The molecule has 2 aliphatic rings. The molecule has 0 N–H and O–H groups in total. The lowest BCUT2D eigenvalue weighted by Gasteiger charge is -2.31. The summed E-state index contributed by atoms with van der Waals surface area (Å²) in [6.45, 7) is 9.97. The lowest BCUT2D eigenvalue weighted by Crippen LogP contribution is -2.33. The van der Waals surface area contributed by atoms with Crippen molar-refractivity contribution in [2.45, 2.75) is 76.0 Å². The maximum atomic E-state index is 4.66. The predicted molar refractivity (Wildman–Crippen MR) is 124 cm³/mol. The van der Waals surface area contributed by atoms with E-state index in [0.29, 0.717) is 5.92 Å². The summed E-state index contributed by atoms with van der Waals surface area (Å²) < 4.78 is 2.32. The average Bonchev–Trinajstić information content (AvgIpc) is 3.16. The topological polar surface area (TPSA) is 46.8 Å². The number of piperidine rings is 1. The molecule has 2 aromatic heterocycles. The third kappa shape index (κ3) is 5.52. The molecular formula is C24H35N5S. The molecule has 0 atom stereocenters. The first kappa shape index (κ1) is 21.6. The molecule has 2 fully saturated rings. The number of aryl methyl sites for hydroxylation is 1. The van der Waals surface area contributed by atoms with Gasteiger partial charge in [0.2, 0.25) is 0 Å². The normalized spacial score (nSPS) is 19.2. The van der Waals surface area contributed by atoms with E-state index in [1.807, 2.05) is 17.8 Å². The van der Waals surface area contributed by atoms with Gasteiger partial charge in [0, 0.05) is 30.5 Å². The Morgan fingerprint density at radius 3 is 2.63 bits per heavy atom. The first-order chi connectivity index (χ1) is 14.7. The molecule has 30 heavy (non-hydrogen) atoms. The van der Waals surface area contributed by atoms with Crippen molar-refractivity contribution in [3.8, 4) is 0 Å². The number of aromatic nitrogens is 4. The Morgan fingerprint density at radius 1 is 1.10 bits per heavy atom. The SMILES string of the molecule is C=CCn1c(SCC2CCCCC2)nnc1C1CCN(Cc2cccc(C)n2)CC1. The van der Waals surface area contributed by atoms with Crippen molar-refractivity contribution in [3.63, 3.8) is 0 Å². The van der Waals surface area contributed by atoms with Gasteiger partial charge in [-0.15, -0.1) is 16.8 Å². The van der Waals surface area contributed by atoms with Crippen LogP contribution in [0.5, 0.6) is 0 Å². The van der Waals surface area contributed by atoms with Crippen LogP contribution in [0, 0.1) is 12.8 Å². The van der Waals surface area contributed by atoms with Crippen molar-refractivity contribution >= 4 is 11.8 Å². The number of hydrogen-bond acceptors (Lipinski definition) is 5. The zero-order valence-electron chi connectivity index (χ0n) is 18.3. The Hall–Kier alpha value is -1.66. The molecule has 0 amide bonds. The van der Waals surface area contributed by atoms with Crippen molar-refractivity contribution in [2.75, 3.05) is 18.8 Å². The number of likely N-dealkylation sites (tertiary alicyclic amines) is 1. The van der Waals surface area contributed by atoms with Gasteiger partial charge in [0.25, 0.3) is 0 Å². The van der Waals surface area contributed by atoms with Crippen LogP contribution in [0.4, 0.5) is 0 Å². The van der Waals surface area contributed by atoms with Crippen LogP contribution in [0.2, 0.25) is 0 Å². The Morgan fingerprint density at radius 2 is 1.90 bits per heavy atom. The molecule has 1 saturated heterocycles. The lowest BCUT2D eigenvalue weighted by atomic mass is 9.91. The van der Waals surface area contributed by atoms with Gasteiger partial charge in [-0.25, -0.2) is 0 Å². The molecule has 6 heteroatoms. The minimum absolute atomic E-state index is 0.489. The summed E-state index contributed by atoms with van der Waals surface area (Å²) in [6, 6.07) is 6.30. The van der Waals surface area contributed by atoms with E-state index in [2.05, 4.69) is 56.4 Å². The summed E-state index contributed by atoms with van der Waals surface area (Å²) in [4.78, 5) is 7.18. The maximum Gasteiger partial charge on any atom is 0.191 e. The van der Waals surface area contributed by atoms with Gasteiger partial charge in [0.15, 0.2) is 5.16 Å². The summed E-state index contributed by atoms with van der Waals surface area (Å²) in [6.07, 6.45) is 11.2. The second-order valence-electron chi connectivity index (χ2n) is 8.88. The number of thioether (sulfide) groups is 1. The van der Waals surface area contributed by atoms with Gasteiger partial charge < -0.3 is 4.57 Å². The molecule has 1 aliphatic carbocycles. The molecular weight excluding hydrogens is 390 g/mol. The van der Waals surface area contributed by atoms with Crippen LogP contribution in [-0.4, -0.2) is 43.5 Å². The summed E-state index contributed by atoms with van der Waals surface area (Å²) in [5.41, 5.74) is 2.27. The molecule has 3 heterocycles. The molecule has 4 rings (SSSR count). The van der Waals surface area contributed by atoms with Crippen LogP contribution in [0.1, 0.15) is 68.1 Å². The van der Waals surface area contributed by atoms with Crippen LogP contribution in [0.15, 0.2) is 36.0 Å². The van der Waals surface area contributed by atoms with E-state index in [-0.39, 0.29) is 0 Å². The van der Waals surface area contributed by atoms with Crippen molar-refractivity contribution in [1.29, 1.82) is 0 Å². The van der Waals surface area contributed by atoms with Crippen LogP contribution >= 0.6 is 11.8 Å². The molecule has 0 bridgehead atoms. The van der Waals surface area contributed by atoms with Crippen LogP contribution in [0.3, 0.4) is 0 Å². The van der Waals surface area contributed by atoms with Crippen molar-refractivity contribution in [2.24, 2.45) is 5.92 Å². The molecule has 1 saturated carbocycles. The van der Waals surface area contributed by atoms with E-state index in [0.717, 1.165) is 61.6 Å². The van der Waals surface area contributed by atoms with Crippen molar-refractivity contribution in [3.05, 3.63) is 48.1 Å². The first-order valence-corrected chi connectivity index (χ1v) is 12.5. The summed E-state index contributed by atoms with van der Waals surface area (Å²) in [5.74, 6) is 3.68. The minimum atomic E-state index is 0.489. The summed E-state index contributed by atoms with van der Waals surface area (Å²) >= 11 is 1.90. The predicted octanol–water partition coefficient (Wildman–Crippen LogP) is 5.22. The number of hydrogen-bond donors (Lipinski definition) is 0. The number of nitrogens with zero attached hydrogens (tertiary/aromatic N) is 5. The fourth-order valence-corrected chi connectivity index (χ4v) is 5.96. The molecule has 0 unspecified atom stereocenters. The average molecular weight is 426 g/mol. The lowest BCUT2D eigenvalue weighted by molar-refractivity contribution is 0.198. The van der Waals surface area contributed by atoms with Gasteiger partial charge in [-0.05, 0) is 63.7 Å². The molecule has 2 aromatic rings. The van der Waals surface area contributed by atoms with E-state index in [1.165, 1.54) is 43.6 Å².